The summed E-state index contributed by atoms with van der Waals surface area (Å²) in [5.74, 6) is 0.928. The van der Waals surface area contributed by atoms with Crippen molar-refractivity contribution in [1.82, 2.24) is 9.78 Å². The summed E-state index contributed by atoms with van der Waals surface area (Å²) in [4.78, 5) is 2.07. The molecule has 0 fully saturated rings. The van der Waals surface area contributed by atoms with Crippen LogP contribution in [0.2, 0.25) is 0 Å². The Hall–Kier alpha value is -2.30. The van der Waals surface area contributed by atoms with Gasteiger partial charge in [0, 0.05) is 20.6 Å². The van der Waals surface area contributed by atoms with Crippen LogP contribution in [0, 0.1) is 19.3 Å². The van der Waals surface area contributed by atoms with Crippen LogP contribution in [0.4, 0.5) is 5.82 Å². The van der Waals surface area contributed by atoms with Gasteiger partial charge in [0.05, 0.1) is 11.3 Å². The molecule has 0 unspecified atom stereocenters. The van der Waals surface area contributed by atoms with Crippen LogP contribution in [-0.2, 0) is 13.6 Å². The molecular weight excluding hydrogens is 250 g/mol. The Morgan fingerprint density at radius 2 is 1.90 bits per heavy atom. The molecule has 0 atom stereocenters. The number of aromatic nitrogens is 2. The van der Waals surface area contributed by atoms with Gasteiger partial charge in [0.1, 0.15) is 11.7 Å². The van der Waals surface area contributed by atoms with Gasteiger partial charge in [-0.3, -0.25) is 10.1 Å². The van der Waals surface area contributed by atoms with Gasteiger partial charge in [-0.25, -0.2) is 0 Å². The molecule has 5 heteroatoms. The fourth-order valence-corrected chi connectivity index (χ4v) is 2.44. The molecule has 0 spiro atoms. The Morgan fingerprint density at radius 1 is 1.30 bits per heavy atom. The third-order valence-electron chi connectivity index (χ3n) is 3.36. The van der Waals surface area contributed by atoms with E-state index in [-0.39, 0.29) is 5.84 Å². The van der Waals surface area contributed by atoms with Crippen molar-refractivity contribution in [2.45, 2.75) is 20.4 Å². The molecule has 0 saturated heterocycles. The number of anilines is 1. The number of hydrogen-bond acceptors (Lipinski definition) is 3. The van der Waals surface area contributed by atoms with Crippen molar-refractivity contribution in [2.24, 2.45) is 12.8 Å². The Labute approximate surface area is 119 Å². The lowest BCUT2D eigenvalue weighted by atomic mass is 10.1. The third-order valence-corrected chi connectivity index (χ3v) is 3.36. The summed E-state index contributed by atoms with van der Waals surface area (Å²) >= 11 is 0. The number of nitrogen functional groups attached to an aromatic ring is 1. The summed E-state index contributed by atoms with van der Waals surface area (Å²) in [6, 6.07) is 8.43. The predicted octanol–water partition coefficient (Wildman–Crippen LogP) is 1.96. The second kappa shape index (κ2) is 5.36. The van der Waals surface area contributed by atoms with Crippen LogP contribution in [0.15, 0.2) is 24.3 Å². The molecule has 0 aliphatic carbocycles. The van der Waals surface area contributed by atoms with E-state index >= 15 is 0 Å². The first-order chi connectivity index (χ1) is 9.40. The summed E-state index contributed by atoms with van der Waals surface area (Å²) in [7, 11) is 3.86. The Morgan fingerprint density at radius 3 is 2.45 bits per heavy atom. The van der Waals surface area contributed by atoms with Gasteiger partial charge in [0.15, 0.2) is 0 Å². The van der Waals surface area contributed by atoms with Crippen molar-refractivity contribution in [3.8, 4) is 0 Å². The number of nitrogens with zero attached hydrogens (tertiary/aromatic N) is 3. The first-order valence-electron chi connectivity index (χ1n) is 6.55. The van der Waals surface area contributed by atoms with Crippen molar-refractivity contribution < 1.29 is 0 Å². The average Bonchev–Trinajstić information content (AvgIpc) is 2.67. The lowest BCUT2D eigenvalue weighted by molar-refractivity contribution is 0.726. The molecule has 0 bridgehead atoms. The summed E-state index contributed by atoms with van der Waals surface area (Å²) in [6.07, 6.45) is 0. The number of nitrogens with one attached hydrogen (secondary N) is 1. The lowest BCUT2D eigenvalue weighted by Gasteiger charge is -2.21. The highest BCUT2D eigenvalue weighted by Gasteiger charge is 2.19. The van der Waals surface area contributed by atoms with Gasteiger partial charge in [-0.2, -0.15) is 5.10 Å². The highest BCUT2D eigenvalue weighted by molar-refractivity contribution is 6.00. The van der Waals surface area contributed by atoms with Crippen LogP contribution in [0.3, 0.4) is 0 Å². The zero-order valence-electron chi connectivity index (χ0n) is 12.4. The number of rotatable bonds is 4. The molecule has 1 aromatic heterocycles. The molecule has 2 aromatic rings. The first-order valence-corrected chi connectivity index (χ1v) is 6.55. The van der Waals surface area contributed by atoms with Crippen LogP contribution in [0.1, 0.15) is 22.4 Å². The van der Waals surface area contributed by atoms with Gasteiger partial charge in [-0.1, -0.05) is 29.8 Å². The van der Waals surface area contributed by atoms with Crippen LogP contribution >= 0.6 is 0 Å². The maximum absolute atomic E-state index is 7.73. The molecule has 1 aromatic carbocycles. The van der Waals surface area contributed by atoms with Crippen molar-refractivity contribution in [3.63, 3.8) is 0 Å². The number of benzene rings is 1. The fourth-order valence-electron chi connectivity index (χ4n) is 2.44. The van der Waals surface area contributed by atoms with Crippen molar-refractivity contribution in [1.29, 1.82) is 5.41 Å². The second-order valence-electron chi connectivity index (χ2n) is 5.16. The molecule has 5 nitrogen and oxygen atoms in total. The molecule has 1 heterocycles. The van der Waals surface area contributed by atoms with E-state index in [0.29, 0.717) is 5.56 Å². The highest BCUT2D eigenvalue weighted by atomic mass is 15.4. The molecule has 0 aliphatic rings. The van der Waals surface area contributed by atoms with E-state index < -0.39 is 0 Å². The maximum Gasteiger partial charge on any atom is 0.137 e. The predicted molar refractivity (Wildman–Crippen MR) is 82.2 cm³/mol. The Balaban J connectivity index is 2.31. The minimum Gasteiger partial charge on any atom is -0.384 e. The first kappa shape index (κ1) is 14.1. The molecule has 106 valence electrons. The molecule has 0 saturated carbocycles. The number of amidine groups is 1. The van der Waals surface area contributed by atoms with E-state index in [1.807, 2.05) is 21.0 Å². The van der Waals surface area contributed by atoms with Gasteiger partial charge in [-0.05, 0) is 19.4 Å². The molecule has 2 rings (SSSR count). The summed E-state index contributed by atoms with van der Waals surface area (Å²) in [6.45, 7) is 4.70. The summed E-state index contributed by atoms with van der Waals surface area (Å²) in [5, 5.41) is 12.1. The van der Waals surface area contributed by atoms with Crippen molar-refractivity contribution in [2.75, 3.05) is 11.9 Å². The quantitative estimate of drug-likeness (QED) is 0.659. The van der Waals surface area contributed by atoms with Gasteiger partial charge in [0.2, 0.25) is 0 Å². The molecule has 0 amide bonds. The highest BCUT2D eigenvalue weighted by Crippen LogP contribution is 2.23. The van der Waals surface area contributed by atoms with Crippen molar-refractivity contribution >= 4 is 11.7 Å². The van der Waals surface area contributed by atoms with Crippen LogP contribution in [-0.4, -0.2) is 22.7 Å². The fraction of sp³-hybridized carbons (Fsp3) is 0.333. The molecular formula is C15H21N5. The Bertz CT molecular complexity index is 624. The Kier molecular flexibility index (Phi) is 3.79. The van der Waals surface area contributed by atoms with Crippen LogP contribution in [0.5, 0.6) is 0 Å². The average molecular weight is 271 g/mol. The SMILES string of the molecule is Cc1ccc(CN(C)c2c(C(=N)N)c(C)nn2C)cc1. The zero-order chi connectivity index (χ0) is 14.9. The van der Waals surface area contributed by atoms with Crippen LogP contribution in [0.25, 0.3) is 0 Å². The van der Waals surface area contributed by atoms with Gasteiger partial charge >= 0.3 is 0 Å². The molecule has 3 N–H and O–H groups in total. The normalized spacial score (nSPS) is 10.6. The van der Waals surface area contributed by atoms with E-state index in [2.05, 4.69) is 41.2 Å². The monoisotopic (exact) mass is 271 g/mol. The lowest BCUT2D eigenvalue weighted by Crippen LogP contribution is -2.23. The summed E-state index contributed by atoms with van der Waals surface area (Å²) < 4.78 is 1.78. The van der Waals surface area contributed by atoms with Gasteiger partial charge in [-0.15, -0.1) is 0 Å². The summed E-state index contributed by atoms with van der Waals surface area (Å²) in [5.41, 5.74) is 9.64. The van der Waals surface area contributed by atoms with Crippen molar-refractivity contribution in [3.05, 3.63) is 46.6 Å². The molecule has 0 aliphatic heterocycles. The standard InChI is InChI=1S/C15H21N5/c1-10-5-7-12(8-6-10)9-19(3)15-13(14(16)17)11(2)18-20(15)4/h5-8H,9H2,1-4H3,(H3,16,17). The minimum atomic E-state index is 0.0568. The largest absolute Gasteiger partial charge is 0.384 e. The van der Waals surface area contributed by atoms with Gasteiger partial charge in [0.25, 0.3) is 0 Å². The zero-order valence-corrected chi connectivity index (χ0v) is 12.4. The van der Waals surface area contributed by atoms with E-state index in [4.69, 9.17) is 11.1 Å². The van der Waals surface area contributed by atoms with E-state index in [9.17, 15) is 0 Å². The molecule has 20 heavy (non-hydrogen) atoms. The van der Waals surface area contributed by atoms with E-state index in [1.54, 1.807) is 4.68 Å². The molecule has 0 radical (unpaired) electrons. The van der Waals surface area contributed by atoms with E-state index in [0.717, 1.165) is 18.1 Å². The van der Waals surface area contributed by atoms with E-state index in [1.165, 1.54) is 11.1 Å². The number of nitrogens with two attached hydrogens (primary N) is 1. The second-order valence-corrected chi connectivity index (χ2v) is 5.16. The number of aryl methyl sites for hydroxylation is 3. The van der Waals surface area contributed by atoms with Crippen LogP contribution < -0.4 is 10.6 Å². The maximum atomic E-state index is 7.73. The number of hydrogen-bond donors (Lipinski definition) is 2. The smallest absolute Gasteiger partial charge is 0.137 e. The third kappa shape index (κ3) is 2.66. The minimum absolute atomic E-state index is 0.0568. The van der Waals surface area contributed by atoms with Gasteiger partial charge < -0.3 is 10.6 Å². The topological polar surface area (TPSA) is 70.9 Å².